The van der Waals surface area contributed by atoms with Gasteiger partial charge in [-0.15, -0.1) is 0 Å². The predicted molar refractivity (Wildman–Crippen MR) is 77.6 cm³/mol. The van der Waals surface area contributed by atoms with Crippen LogP contribution in [0.25, 0.3) is 0 Å². The number of halogens is 1. The summed E-state index contributed by atoms with van der Waals surface area (Å²) in [5, 5.41) is 0. The van der Waals surface area contributed by atoms with E-state index in [-0.39, 0.29) is 18.2 Å². The quantitative estimate of drug-likeness (QED) is 0.579. The fourth-order valence-electron chi connectivity index (χ4n) is 1.78. The molecule has 0 amide bonds. The van der Waals surface area contributed by atoms with Crippen LogP contribution >= 0.6 is 0 Å². The Hall–Kier alpha value is -2.36. The Balaban J connectivity index is 1.59. The second kappa shape index (κ2) is 8.04. The van der Waals surface area contributed by atoms with E-state index in [0.717, 1.165) is 5.56 Å². The lowest BCUT2D eigenvalue weighted by molar-refractivity contribution is -0.143. The fraction of sp³-hybridized carbons (Fsp3) is 0.235. The zero-order chi connectivity index (χ0) is 14.9. The summed E-state index contributed by atoms with van der Waals surface area (Å²) in [5.41, 5.74) is 0.935. The van der Waals surface area contributed by atoms with E-state index < -0.39 is 0 Å². The van der Waals surface area contributed by atoms with Gasteiger partial charge in [0.1, 0.15) is 11.6 Å². The molecule has 21 heavy (non-hydrogen) atoms. The smallest absolute Gasteiger partial charge is 0.310 e. The Morgan fingerprint density at radius 1 is 0.952 bits per heavy atom. The van der Waals surface area contributed by atoms with Crippen molar-refractivity contribution < 1.29 is 18.7 Å². The minimum absolute atomic E-state index is 0.247. The highest BCUT2D eigenvalue weighted by molar-refractivity contribution is 5.72. The van der Waals surface area contributed by atoms with E-state index in [4.69, 9.17) is 9.47 Å². The van der Waals surface area contributed by atoms with E-state index in [9.17, 15) is 9.18 Å². The molecule has 0 atom stereocenters. The number of carbonyl (C=O) groups is 1. The largest absolute Gasteiger partial charge is 0.493 e. The van der Waals surface area contributed by atoms with E-state index in [0.29, 0.717) is 25.4 Å². The fourth-order valence-corrected chi connectivity index (χ4v) is 1.78. The van der Waals surface area contributed by atoms with Crippen molar-refractivity contribution in [3.8, 4) is 5.75 Å². The predicted octanol–water partition coefficient (Wildman–Crippen LogP) is 3.38. The van der Waals surface area contributed by atoms with E-state index in [2.05, 4.69) is 0 Å². The monoisotopic (exact) mass is 288 g/mol. The first-order chi connectivity index (χ1) is 10.2. The summed E-state index contributed by atoms with van der Waals surface area (Å²) in [4.78, 5) is 11.6. The van der Waals surface area contributed by atoms with Gasteiger partial charge in [-0.3, -0.25) is 4.79 Å². The van der Waals surface area contributed by atoms with Crippen LogP contribution in [0.4, 0.5) is 4.39 Å². The number of rotatable bonds is 7. The first kappa shape index (κ1) is 15.0. The summed E-state index contributed by atoms with van der Waals surface area (Å²) in [6.07, 6.45) is 0.873. The van der Waals surface area contributed by atoms with Crippen LogP contribution in [0.5, 0.6) is 5.75 Å². The molecule has 0 aliphatic heterocycles. The maximum absolute atomic E-state index is 12.7. The molecule has 0 radical (unpaired) electrons. The number of hydrogen-bond acceptors (Lipinski definition) is 3. The van der Waals surface area contributed by atoms with Crippen molar-refractivity contribution in [1.82, 2.24) is 0 Å². The molecule has 3 nitrogen and oxygen atoms in total. The molecule has 0 aliphatic carbocycles. The Labute approximate surface area is 123 Å². The topological polar surface area (TPSA) is 35.5 Å². The van der Waals surface area contributed by atoms with Gasteiger partial charge in [-0.25, -0.2) is 4.39 Å². The van der Waals surface area contributed by atoms with Crippen LogP contribution in [0, 0.1) is 5.82 Å². The molecule has 0 saturated carbocycles. The minimum atomic E-state index is -0.294. The van der Waals surface area contributed by atoms with Crippen molar-refractivity contribution in [2.24, 2.45) is 0 Å². The highest BCUT2D eigenvalue weighted by Crippen LogP contribution is 2.11. The molecule has 0 fully saturated rings. The van der Waals surface area contributed by atoms with Gasteiger partial charge in [-0.1, -0.05) is 30.3 Å². The second-order valence-corrected chi connectivity index (χ2v) is 4.54. The molecule has 0 bridgehead atoms. The maximum atomic E-state index is 12.7. The first-order valence-corrected chi connectivity index (χ1v) is 6.82. The molecule has 2 aromatic rings. The number of benzene rings is 2. The second-order valence-electron chi connectivity index (χ2n) is 4.54. The Kier molecular flexibility index (Phi) is 5.76. The summed E-state index contributed by atoms with van der Waals surface area (Å²) in [6, 6.07) is 15.3. The van der Waals surface area contributed by atoms with Gasteiger partial charge in [-0.05, 0) is 29.8 Å². The maximum Gasteiger partial charge on any atom is 0.310 e. The SMILES string of the molecule is O=C(Cc1ccccc1)OCCCOc1ccc(F)cc1. The van der Waals surface area contributed by atoms with Crippen molar-refractivity contribution in [2.45, 2.75) is 12.8 Å². The van der Waals surface area contributed by atoms with Crippen LogP contribution in [-0.2, 0) is 16.0 Å². The molecule has 0 spiro atoms. The molecule has 0 saturated heterocycles. The van der Waals surface area contributed by atoms with E-state index in [1.807, 2.05) is 30.3 Å². The summed E-state index contributed by atoms with van der Waals surface area (Å²) >= 11 is 0. The van der Waals surface area contributed by atoms with Crippen molar-refractivity contribution in [3.05, 3.63) is 66.0 Å². The average Bonchev–Trinajstić information content (AvgIpc) is 2.50. The Morgan fingerprint density at radius 3 is 2.38 bits per heavy atom. The molecule has 2 aromatic carbocycles. The molecule has 2 rings (SSSR count). The zero-order valence-electron chi connectivity index (χ0n) is 11.6. The molecular formula is C17H17FO3. The highest BCUT2D eigenvalue weighted by Gasteiger charge is 2.04. The van der Waals surface area contributed by atoms with E-state index in [1.54, 1.807) is 12.1 Å². The number of esters is 1. The number of ether oxygens (including phenoxy) is 2. The first-order valence-electron chi connectivity index (χ1n) is 6.82. The number of hydrogen-bond donors (Lipinski definition) is 0. The molecule has 0 N–H and O–H groups in total. The summed E-state index contributed by atoms with van der Waals surface area (Å²) in [5.74, 6) is 0.0622. The van der Waals surface area contributed by atoms with Gasteiger partial charge in [-0.2, -0.15) is 0 Å². The molecule has 0 unspecified atom stereocenters. The lowest BCUT2D eigenvalue weighted by atomic mass is 10.2. The van der Waals surface area contributed by atoms with Gasteiger partial charge in [0.05, 0.1) is 19.6 Å². The van der Waals surface area contributed by atoms with E-state index in [1.165, 1.54) is 12.1 Å². The molecule has 4 heteroatoms. The van der Waals surface area contributed by atoms with Crippen molar-refractivity contribution in [3.63, 3.8) is 0 Å². The molecular weight excluding hydrogens is 271 g/mol. The van der Waals surface area contributed by atoms with Crippen LogP contribution < -0.4 is 4.74 Å². The third-order valence-corrected chi connectivity index (χ3v) is 2.83. The van der Waals surface area contributed by atoms with Gasteiger partial charge >= 0.3 is 5.97 Å². The van der Waals surface area contributed by atoms with Crippen LogP contribution in [-0.4, -0.2) is 19.2 Å². The van der Waals surface area contributed by atoms with Gasteiger partial charge in [0.25, 0.3) is 0 Å². The summed E-state index contributed by atoms with van der Waals surface area (Å²) < 4.78 is 23.2. The van der Waals surface area contributed by atoms with Gasteiger partial charge in [0.2, 0.25) is 0 Å². The normalized spacial score (nSPS) is 10.1. The number of carbonyl (C=O) groups excluding carboxylic acids is 1. The van der Waals surface area contributed by atoms with Gasteiger partial charge in [0, 0.05) is 6.42 Å². The van der Waals surface area contributed by atoms with Crippen molar-refractivity contribution in [2.75, 3.05) is 13.2 Å². The van der Waals surface area contributed by atoms with Crippen LogP contribution in [0.3, 0.4) is 0 Å². The molecule has 0 aliphatic rings. The van der Waals surface area contributed by atoms with Crippen LogP contribution in [0.2, 0.25) is 0 Å². The molecule has 0 heterocycles. The minimum Gasteiger partial charge on any atom is -0.493 e. The molecule has 110 valence electrons. The standard InChI is InChI=1S/C17H17FO3/c18-15-7-9-16(10-8-15)20-11-4-12-21-17(19)13-14-5-2-1-3-6-14/h1-3,5-10H,4,11-13H2. The van der Waals surface area contributed by atoms with E-state index >= 15 is 0 Å². The third-order valence-electron chi connectivity index (χ3n) is 2.83. The molecule has 0 aromatic heterocycles. The van der Waals surface area contributed by atoms with Crippen LogP contribution in [0.1, 0.15) is 12.0 Å². The Bertz CT molecular complexity index is 552. The Morgan fingerprint density at radius 2 is 1.67 bits per heavy atom. The zero-order valence-corrected chi connectivity index (χ0v) is 11.6. The summed E-state index contributed by atoms with van der Waals surface area (Å²) in [7, 11) is 0. The lowest BCUT2D eigenvalue weighted by Gasteiger charge is -2.07. The third kappa shape index (κ3) is 5.65. The summed E-state index contributed by atoms with van der Waals surface area (Å²) in [6.45, 7) is 0.733. The van der Waals surface area contributed by atoms with Gasteiger partial charge in [0.15, 0.2) is 0 Å². The highest BCUT2D eigenvalue weighted by atomic mass is 19.1. The average molecular weight is 288 g/mol. The lowest BCUT2D eigenvalue weighted by Crippen LogP contribution is -2.11. The van der Waals surface area contributed by atoms with Crippen molar-refractivity contribution in [1.29, 1.82) is 0 Å². The van der Waals surface area contributed by atoms with Gasteiger partial charge < -0.3 is 9.47 Å². The van der Waals surface area contributed by atoms with Crippen LogP contribution in [0.15, 0.2) is 54.6 Å². The van der Waals surface area contributed by atoms with Crippen molar-refractivity contribution >= 4 is 5.97 Å².